The zero-order valence-electron chi connectivity index (χ0n) is 14.1. The Kier molecular flexibility index (Phi) is 4.50. The van der Waals surface area contributed by atoms with Crippen LogP contribution in [0.25, 0.3) is 0 Å². The minimum Gasteiger partial charge on any atom is -0.345 e. The number of halogens is 2. The normalized spacial score (nSPS) is 23.1. The van der Waals surface area contributed by atoms with E-state index in [4.69, 9.17) is 10.7 Å². The van der Waals surface area contributed by atoms with Gasteiger partial charge in [-0.1, -0.05) is 24.3 Å². The number of thiophene rings is 1. The van der Waals surface area contributed by atoms with Crippen LogP contribution in [0, 0.1) is 16.7 Å². The van der Waals surface area contributed by atoms with Crippen molar-refractivity contribution < 1.29 is 13.6 Å². The number of nitriles is 1. The van der Waals surface area contributed by atoms with Gasteiger partial charge in [0.1, 0.15) is 10.9 Å². The maximum absolute atomic E-state index is 13.0. The standard InChI is InChI=1S/C18H16F2N4OS/c1-18(13-8-7-12(9-21)26-13)14(16(25)24(2)17(22)23-18)10-3-5-11(6-4-10)15(19)20/h3-8,14-15H,1-2H3,(H2,22,23)/t14-,18-/m1/s1. The van der Waals surface area contributed by atoms with E-state index in [1.165, 1.54) is 47.5 Å². The molecule has 26 heavy (non-hydrogen) atoms. The number of nitrogens with zero attached hydrogens (tertiary/aromatic N) is 2. The Hall–Kier alpha value is -2.79. The third-order valence-electron chi connectivity index (χ3n) is 4.62. The van der Waals surface area contributed by atoms with E-state index < -0.39 is 17.9 Å². The maximum Gasteiger partial charge on any atom is 0.263 e. The van der Waals surface area contributed by atoms with Gasteiger partial charge in [0.25, 0.3) is 6.43 Å². The number of hydrogen-bond acceptors (Lipinski definition) is 4. The number of amides is 1. The fourth-order valence-corrected chi connectivity index (χ4v) is 4.08. The molecule has 3 rings (SSSR count). The van der Waals surface area contributed by atoms with Gasteiger partial charge in [0.05, 0.1) is 11.5 Å². The van der Waals surface area contributed by atoms with Gasteiger partial charge >= 0.3 is 0 Å². The van der Waals surface area contributed by atoms with Crippen LogP contribution in [-0.2, 0) is 10.3 Å². The molecule has 1 saturated heterocycles. The monoisotopic (exact) mass is 374 g/mol. The first-order valence-corrected chi connectivity index (χ1v) is 8.62. The van der Waals surface area contributed by atoms with Gasteiger partial charge in [-0.15, -0.1) is 11.3 Å². The Bertz CT molecular complexity index is 903. The first-order valence-electron chi connectivity index (χ1n) is 7.80. The minimum absolute atomic E-state index is 0.0511. The molecule has 1 aromatic heterocycles. The van der Waals surface area contributed by atoms with Crippen LogP contribution in [0.1, 0.15) is 40.1 Å². The molecule has 1 aliphatic rings. The average molecular weight is 374 g/mol. The zero-order chi connectivity index (χ0) is 19.1. The van der Waals surface area contributed by atoms with Crippen LogP contribution in [-0.4, -0.2) is 23.8 Å². The first-order chi connectivity index (χ1) is 12.3. The Morgan fingerprint density at radius 3 is 2.50 bits per heavy atom. The quantitative estimate of drug-likeness (QED) is 0.862. The fraction of sp³-hybridized carbons (Fsp3) is 0.278. The summed E-state index contributed by atoms with van der Waals surface area (Å²) in [5, 5.41) is 20.2. The van der Waals surface area contributed by atoms with Crippen LogP contribution in [0.2, 0.25) is 0 Å². The summed E-state index contributed by atoms with van der Waals surface area (Å²) in [5.41, 5.74) is -0.511. The number of nitrogens with one attached hydrogen (secondary N) is 2. The minimum atomic E-state index is -2.58. The number of likely N-dealkylation sites (N-methyl/N-ethyl adjacent to an activating group) is 1. The summed E-state index contributed by atoms with van der Waals surface area (Å²) in [6, 6.07) is 11.1. The molecule has 5 nitrogen and oxygen atoms in total. The number of guanidine groups is 1. The van der Waals surface area contributed by atoms with E-state index in [1.807, 2.05) is 0 Å². The summed E-state index contributed by atoms with van der Waals surface area (Å²) in [4.78, 5) is 15.4. The van der Waals surface area contributed by atoms with Crippen molar-refractivity contribution in [1.29, 1.82) is 10.7 Å². The van der Waals surface area contributed by atoms with E-state index in [0.29, 0.717) is 10.4 Å². The van der Waals surface area contributed by atoms with Crippen LogP contribution in [0.5, 0.6) is 0 Å². The number of carbonyl (C=O) groups is 1. The number of alkyl halides is 2. The lowest BCUT2D eigenvalue weighted by Gasteiger charge is -2.45. The molecule has 1 aliphatic heterocycles. The second-order valence-corrected chi connectivity index (χ2v) is 7.33. The van der Waals surface area contributed by atoms with Crippen molar-refractivity contribution in [3.8, 4) is 6.07 Å². The molecule has 2 aromatic rings. The predicted molar refractivity (Wildman–Crippen MR) is 94.2 cm³/mol. The Morgan fingerprint density at radius 2 is 1.96 bits per heavy atom. The molecule has 2 N–H and O–H groups in total. The van der Waals surface area contributed by atoms with E-state index in [0.717, 1.165) is 4.88 Å². The summed E-state index contributed by atoms with van der Waals surface area (Å²) < 4.78 is 25.7. The predicted octanol–water partition coefficient (Wildman–Crippen LogP) is 3.55. The molecule has 2 heterocycles. The van der Waals surface area contributed by atoms with Gasteiger partial charge in [0, 0.05) is 17.5 Å². The van der Waals surface area contributed by atoms with Crippen molar-refractivity contribution in [3.63, 3.8) is 0 Å². The highest BCUT2D eigenvalue weighted by molar-refractivity contribution is 7.12. The van der Waals surface area contributed by atoms with Crippen molar-refractivity contribution in [2.24, 2.45) is 0 Å². The number of carbonyl (C=O) groups excluding carboxylic acids is 1. The van der Waals surface area contributed by atoms with E-state index in [9.17, 15) is 13.6 Å². The van der Waals surface area contributed by atoms with Gasteiger partial charge in [-0.05, 0) is 24.6 Å². The lowest BCUT2D eigenvalue weighted by Crippen LogP contribution is -2.62. The molecule has 0 bridgehead atoms. The van der Waals surface area contributed by atoms with Gasteiger partial charge in [-0.25, -0.2) is 8.78 Å². The van der Waals surface area contributed by atoms with Gasteiger partial charge in [-0.2, -0.15) is 5.26 Å². The van der Waals surface area contributed by atoms with Crippen molar-refractivity contribution in [1.82, 2.24) is 10.2 Å². The molecule has 0 unspecified atom stereocenters. The summed E-state index contributed by atoms with van der Waals surface area (Å²) in [5.74, 6) is -1.09. The van der Waals surface area contributed by atoms with Crippen LogP contribution in [0.4, 0.5) is 8.78 Å². The molecular weight excluding hydrogens is 358 g/mol. The molecular formula is C18H16F2N4OS. The summed E-state index contributed by atoms with van der Waals surface area (Å²) in [6.45, 7) is 1.78. The van der Waals surface area contributed by atoms with Gasteiger partial charge in [0.2, 0.25) is 5.91 Å². The van der Waals surface area contributed by atoms with E-state index in [1.54, 1.807) is 19.1 Å². The second-order valence-electron chi connectivity index (χ2n) is 6.25. The Morgan fingerprint density at radius 1 is 1.31 bits per heavy atom. The molecule has 0 spiro atoms. The largest absolute Gasteiger partial charge is 0.345 e. The topological polar surface area (TPSA) is 80.0 Å². The highest BCUT2D eigenvalue weighted by Gasteiger charge is 2.49. The number of benzene rings is 1. The Balaban J connectivity index is 2.11. The third-order valence-corrected chi connectivity index (χ3v) is 5.85. The van der Waals surface area contributed by atoms with E-state index in [2.05, 4.69) is 11.4 Å². The second kappa shape index (κ2) is 6.50. The molecule has 2 atom stereocenters. The Labute approximate surface area is 153 Å². The summed E-state index contributed by atoms with van der Waals surface area (Å²) in [6.07, 6.45) is -2.58. The van der Waals surface area contributed by atoms with Crippen LogP contribution >= 0.6 is 11.3 Å². The summed E-state index contributed by atoms with van der Waals surface area (Å²) >= 11 is 1.24. The highest BCUT2D eigenvalue weighted by atomic mass is 32.1. The smallest absolute Gasteiger partial charge is 0.263 e. The van der Waals surface area contributed by atoms with Crippen LogP contribution in [0.15, 0.2) is 36.4 Å². The van der Waals surface area contributed by atoms with E-state index >= 15 is 0 Å². The highest BCUT2D eigenvalue weighted by Crippen LogP contribution is 2.43. The molecule has 1 aromatic carbocycles. The fourth-order valence-electron chi connectivity index (χ4n) is 3.14. The SMILES string of the molecule is CN1C(=N)N[C@](C)(c2ccc(C#N)s2)[C@H](c2ccc(C(F)F)cc2)C1=O. The molecule has 0 radical (unpaired) electrons. The first kappa shape index (κ1) is 18.0. The van der Waals surface area contributed by atoms with Gasteiger partial charge in [0.15, 0.2) is 5.96 Å². The van der Waals surface area contributed by atoms with Crippen molar-refractivity contribution >= 4 is 23.2 Å². The molecule has 1 fully saturated rings. The van der Waals surface area contributed by atoms with Crippen LogP contribution in [0.3, 0.4) is 0 Å². The number of rotatable bonds is 3. The van der Waals surface area contributed by atoms with Gasteiger partial charge < -0.3 is 5.32 Å². The van der Waals surface area contributed by atoms with Crippen molar-refractivity contribution in [2.45, 2.75) is 24.8 Å². The lowest BCUT2D eigenvalue weighted by atomic mass is 9.77. The molecule has 0 aliphatic carbocycles. The average Bonchev–Trinajstić information content (AvgIpc) is 3.10. The third kappa shape index (κ3) is 2.84. The molecule has 8 heteroatoms. The van der Waals surface area contributed by atoms with Gasteiger partial charge in [-0.3, -0.25) is 15.1 Å². The number of hydrogen-bond donors (Lipinski definition) is 2. The maximum atomic E-state index is 13.0. The molecule has 0 saturated carbocycles. The van der Waals surface area contributed by atoms with Crippen molar-refractivity contribution in [3.05, 3.63) is 57.3 Å². The van der Waals surface area contributed by atoms with Crippen LogP contribution < -0.4 is 5.32 Å². The van der Waals surface area contributed by atoms with Crippen molar-refractivity contribution in [2.75, 3.05) is 7.05 Å². The molecule has 1 amide bonds. The lowest BCUT2D eigenvalue weighted by molar-refractivity contribution is -0.131. The summed E-state index contributed by atoms with van der Waals surface area (Å²) in [7, 11) is 1.49. The van der Waals surface area contributed by atoms with E-state index in [-0.39, 0.29) is 17.4 Å². The zero-order valence-corrected chi connectivity index (χ0v) is 14.9. The molecule has 134 valence electrons.